The van der Waals surface area contributed by atoms with Gasteiger partial charge in [0.25, 0.3) is 0 Å². The van der Waals surface area contributed by atoms with Gasteiger partial charge in [-0.25, -0.2) is 9.78 Å². The number of aromatic nitrogens is 2. The SMILES string of the molecule is CC(C)N(Cc1ccc(C#N)cc1)C(=O)N(c1nccc2ccn(C)c12)[C@@H]1CCCNC1. The van der Waals surface area contributed by atoms with Crippen LogP contribution in [0.1, 0.15) is 37.8 Å². The van der Waals surface area contributed by atoms with Gasteiger partial charge in [-0.2, -0.15) is 5.26 Å². The Morgan fingerprint density at radius 1 is 1.28 bits per heavy atom. The predicted molar refractivity (Wildman–Crippen MR) is 126 cm³/mol. The fourth-order valence-corrected chi connectivity index (χ4v) is 4.36. The van der Waals surface area contributed by atoms with E-state index in [1.54, 1.807) is 18.3 Å². The van der Waals surface area contributed by atoms with Crippen LogP contribution in [0.5, 0.6) is 0 Å². The zero-order valence-electron chi connectivity index (χ0n) is 19.0. The summed E-state index contributed by atoms with van der Waals surface area (Å²) >= 11 is 0. The van der Waals surface area contributed by atoms with E-state index in [0.717, 1.165) is 42.4 Å². The maximum absolute atomic E-state index is 14.1. The Morgan fingerprint density at radius 3 is 2.72 bits per heavy atom. The van der Waals surface area contributed by atoms with Crippen molar-refractivity contribution >= 4 is 22.8 Å². The van der Waals surface area contributed by atoms with Gasteiger partial charge in [-0.1, -0.05) is 12.1 Å². The topological polar surface area (TPSA) is 77.2 Å². The summed E-state index contributed by atoms with van der Waals surface area (Å²) in [6.45, 7) is 6.27. The molecule has 0 radical (unpaired) electrons. The number of pyridine rings is 1. The lowest BCUT2D eigenvalue weighted by molar-refractivity contribution is 0.182. The summed E-state index contributed by atoms with van der Waals surface area (Å²) in [5.41, 5.74) is 2.58. The zero-order chi connectivity index (χ0) is 22.7. The monoisotopic (exact) mass is 430 g/mol. The molecule has 0 aliphatic carbocycles. The number of carbonyl (C=O) groups is 1. The van der Waals surface area contributed by atoms with Crippen LogP contribution < -0.4 is 10.2 Å². The van der Waals surface area contributed by atoms with Crippen molar-refractivity contribution in [1.29, 1.82) is 5.26 Å². The summed E-state index contributed by atoms with van der Waals surface area (Å²) < 4.78 is 2.04. The Kier molecular flexibility index (Phi) is 6.42. The number of carbonyl (C=O) groups excluding carboxylic acids is 1. The number of nitrogens with zero attached hydrogens (tertiary/aromatic N) is 5. The molecule has 1 saturated heterocycles. The molecule has 1 aliphatic heterocycles. The number of hydrogen-bond donors (Lipinski definition) is 1. The third-order valence-corrected chi connectivity index (χ3v) is 6.14. The van der Waals surface area contributed by atoms with Crippen LogP contribution in [0, 0.1) is 11.3 Å². The van der Waals surface area contributed by atoms with E-state index in [4.69, 9.17) is 10.2 Å². The number of aryl methyl sites for hydroxylation is 1. The number of piperidine rings is 1. The molecule has 7 nitrogen and oxygen atoms in total. The highest BCUT2D eigenvalue weighted by Crippen LogP contribution is 2.30. The van der Waals surface area contributed by atoms with Crippen molar-refractivity contribution < 1.29 is 4.79 Å². The molecular formula is C25H30N6O. The minimum atomic E-state index is -0.0424. The van der Waals surface area contributed by atoms with Crippen LogP contribution in [0.4, 0.5) is 10.6 Å². The first-order chi connectivity index (χ1) is 15.5. The lowest BCUT2D eigenvalue weighted by atomic mass is 10.1. The van der Waals surface area contributed by atoms with Crippen molar-refractivity contribution in [2.75, 3.05) is 18.0 Å². The highest BCUT2D eigenvalue weighted by Gasteiger charge is 2.33. The van der Waals surface area contributed by atoms with E-state index in [-0.39, 0.29) is 18.1 Å². The van der Waals surface area contributed by atoms with Crippen LogP contribution in [0.15, 0.2) is 48.8 Å². The normalized spacial score (nSPS) is 16.2. The quantitative estimate of drug-likeness (QED) is 0.663. The second kappa shape index (κ2) is 9.41. The summed E-state index contributed by atoms with van der Waals surface area (Å²) in [4.78, 5) is 22.6. The van der Waals surface area contributed by atoms with Gasteiger partial charge in [-0.05, 0) is 63.1 Å². The summed E-state index contributed by atoms with van der Waals surface area (Å²) in [5, 5.41) is 13.6. The van der Waals surface area contributed by atoms with Gasteiger partial charge in [0, 0.05) is 44.0 Å². The first-order valence-corrected chi connectivity index (χ1v) is 11.2. The van der Waals surface area contributed by atoms with Crippen molar-refractivity contribution in [2.45, 2.75) is 45.3 Å². The van der Waals surface area contributed by atoms with Crippen molar-refractivity contribution in [2.24, 2.45) is 7.05 Å². The third kappa shape index (κ3) is 4.32. The Labute approximate surface area is 189 Å². The zero-order valence-corrected chi connectivity index (χ0v) is 19.0. The van der Waals surface area contributed by atoms with Crippen molar-refractivity contribution in [3.63, 3.8) is 0 Å². The summed E-state index contributed by atoms with van der Waals surface area (Å²) in [6.07, 6.45) is 5.75. The van der Waals surface area contributed by atoms with Gasteiger partial charge < -0.3 is 14.8 Å². The number of fused-ring (bicyclic) bond motifs is 1. The molecule has 1 aromatic carbocycles. The molecule has 2 aromatic heterocycles. The predicted octanol–water partition coefficient (Wildman–Crippen LogP) is 4.03. The molecule has 2 amide bonds. The van der Waals surface area contributed by atoms with Crippen LogP contribution >= 0.6 is 0 Å². The maximum atomic E-state index is 14.1. The largest absolute Gasteiger partial charge is 0.348 e. The molecule has 3 heterocycles. The molecule has 0 bridgehead atoms. The number of rotatable bonds is 5. The fourth-order valence-electron chi connectivity index (χ4n) is 4.36. The molecule has 1 fully saturated rings. The van der Waals surface area contributed by atoms with Gasteiger partial charge in [0.2, 0.25) is 0 Å². The second-order valence-corrected chi connectivity index (χ2v) is 8.68. The number of hydrogen-bond acceptors (Lipinski definition) is 4. The molecule has 4 rings (SSSR count). The molecular weight excluding hydrogens is 400 g/mol. The lowest BCUT2D eigenvalue weighted by Crippen LogP contribution is -2.55. The minimum absolute atomic E-state index is 0.00445. The third-order valence-electron chi connectivity index (χ3n) is 6.14. The number of urea groups is 1. The smallest absolute Gasteiger partial charge is 0.326 e. The maximum Gasteiger partial charge on any atom is 0.326 e. The summed E-state index contributed by atoms with van der Waals surface area (Å²) in [6, 6.07) is 13.6. The minimum Gasteiger partial charge on any atom is -0.348 e. The molecule has 166 valence electrons. The van der Waals surface area contributed by atoms with E-state index in [2.05, 4.69) is 17.5 Å². The van der Waals surface area contributed by atoms with Gasteiger partial charge in [0.15, 0.2) is 5.82 Å². The molecule has 32 heavy (non-hydrogen) atoms. The first-order valence-electron chi connectivity index (χ1n) is 11.2. The van der Waals surface area contributed by atoms with Gasteiger partial charge in [-0.3, -0.25) is 4.90 Å². The second-order valence-electron chi connectivity index (χ2n) is 8.68. The highest BCUT2D eigenvalue weighted by molar-refractivity contribution is 6.00. The van der Waals surface area contributed by atoms with E-state index in [1.165, 1.54) is 0 Å². The van der Waals surface area contributed by atoms with E-state index in [9.17, 15) is 4.79 Å². The highest BCUT2D eigenvalue weighted by atomic mass is 16.2. The molecule has 0 unspecified atom stereocenters. The van der Waals surface area contributed by atoms with E-state index in [0.29, 0.717) is 17.9 Å². The van der Waals surface area contributed by atoms with Crippen LogP contribution in [0.25, 0.3) is 10.9 Å². The van der Waals surface area contributed by atoms with Crippen molar-refractivity contribution in [3.8, 4) is 6.07 Å². The van der Waals surface area contributed by atoms with E-state index < -0.39 is 0 Å². The summed E-state index contributed by atoms with van der Waals surface area (Å²) in [7, 11) is 1.99. The van der Waals surface area contributed by atoms with Crippen LogP contribution in [0.3, 0.4) is 0 Å². The van der Waals surface area contributed by atoms with Crippen LogP contribution in [0.2, 0.25) is 0 Å². The van der Waals surface area contributed by atoms with Gasteiger partial charge in [0.1, 0.15) is 0 Å². The van der Waals surface area contributed by atoms with Gasteiger partial charge in [-0.15, -0.1) is 0 Å². The van der Waals surface area contributed by atoms with E-state index >= 15 is 0 Å². The summed E-state index contributed by atoms with van der Waals surface area (Å²) in [5.74, 6) is 0.708. The average Bonchev–Trinajstić information content (AvgIpc) is 3.20. The fraction of sp³-hybridized carbons (Fsp3) is 0.400. The molecule has 3 aromatic rings. The standard InChI is InChI=1S/C25H30N6O/c1-18(2)30(17-20-8-6-19(15-26)7-9-20)25(32)31(22-5-4-12-27-16-22)24-23-21(10-13-28-24)11-14-29(23)3/h6-11,13-14,18,22,27H,4-5,12,16-17H2,1-3H3/t22-/m1/s1. The van der Waals surface area contributed by atoms with E-state index in [1.807, 2.05) is 59.7 Å². The number of anilines is 1. The molecule has 1 aliphatic rings. The molecule has 7 heteroatoms. The van der Waals surface area contributed by atoms with Crippen molar-refractivity contribution in [1.82, 2.24) is 19.8 Å². The Bertz CT molecular complexity index is 1120. The molecule has 0 spiro atoms. The number of nitriles is 1. The average molecular weight is 431 g/mol. The number of nitrogens with one attached hydrogen (secondary N) is 1. The van der Waals surface area contributed by atoms with Crippen molar-refractivity contribution in [3.05, 3.63) is 59.9 Å². The Hall–Kier alpha value is -3.37. The molecule has 0 saturated carbocycles. The van der Waals surface area contributed by atoms with Gasteiger partial charge >= 0.3 is 6.03 Å². The van der Waals surface area contributed by atoms with Crippen LogP contribution in [-0.4, -0.2) is 45.7 Å². The Balaban J connectivity index is 1.73. The molecule has 1 N–H and O–H groups in total. The van der Waals surface area contributed by atoms with Gasteiger partial charge in [0.05, 0.1) is 23.2 Å². The lowest BCUT2D eigenvalue weighted by Gasteiger charge is -2.39. The number of benzene rings is 1. The molecule has 1 atom stereocenters. The first kappa shape index (κ1) is 21.8. The number of amides is 2. The van der Waals surface area contributed by atoms with Crippen LogP contribution in [-0.2, 0) is 13.6 Å². The Morgan fingerprint density at radius 2 is 2.06 bits per heavy atom.